The molecular formula is C24H34N4O4. The summed E-state index contributed by atoms with van der Waals surface area (Å²) in [6.07, 6.45) is 8.38. The minimum absolute atomic E-state index is 0.00301. The number of methoxy groups -OCH3 is 1. The van der Waals surface area contributed by atoms with E-state index in [4.69, 9.17) is 14.5 Å². The van der Waals surface area contributed by atoms with E-state index in [1.807, 2.05) is 16.8 Å². The van der Waals surface area contributed by atoms with Crippen LogP contribution in [-0.2, 0) is 20.8 Å². The predicted octanol–water partition coefficient (Wildman–Crippen LogP) is 4.34. The summed E-state index contributed by atoms with van der Waals surface area (Å²) in [6.45, 7) is 7.26. The van der Waals surface area contributed by atoms with Crippen molar-refractivity contribution in [2.24, 2.45) is 5.41 Å². The highest BCUT2D eigenvalue weighted by Crippen LogP contribution is 2.38. The van der Waals surface area contributed by atoms with E-state index in [1.54, 1.807) is 0 Å². The molecule has 0 bridgehead atoms. The number of carbonyl (C=O) groups excluding carboxylic acids is 2. The fourth-order valence-corrected chi connectivity index (χ4v) is 5.14. The van der Waals surface area contributed by atoms with Crippen LogP contribution in [0.4, 0.5) is 11.4 Å². The summed E-state index contributed by atoms with van der Waals surface area (Å²) in [4.78, 5) is 29.5. The van der Waals surface area contributed by atoms with E-state index in [1.165, 1.54) is 26.9 Å². The largest absolute Gasteiger partial charge is 0.464 e. The molecule has 32 heavy (non-hydrogen) atoms. The van der Waals surface area contributed by atoms with E-state index < -0.39 is 5.97 Å². The van der Waals surface area contributed by atoms with Crippen LogP contribution >= 0.6 is 0 Å². The van der Waals surface area contributed by atoms with Gasteiger partial charge in [-0.15, -0.1) is 0 Å². The normalized spacial score (nSPS) is 22.6. The highest BCUT2D eigenvalue weighted by molar-refractivity contribution is 6.11. The zero-order chi connectivity index (χ0) is 22.9. The first-order valence-electron chi connectivity index (χ1n) is 11.5. The average molecular weight is 443 g/mol. The summed E-state index contributed by atoms with van der Waals surface area (Å²) in [5.41, 5.74) is 2.59. The number of fused-ring (bicyclic) bond motifs is 1. The second-order valence-electron chi connectivity index (χ2n) is 9.84. The Labute approximate surface area is 189 Å². The standard InChI is InChI=1S/C24H34N4O4/c1-15(29)26-20-19-11-17(27-16-7-5-9-24(2,3)12-16)13-25-22(19)28(21(20)23(30)31-4)14-18-8-6-10-32-18/h11,13,16,18,27H,5-10,12,14H2,1-4H3,(H,26,29). The number of nitrogens with one attached hydrogen (secondary N) is 2. The number of hydrogen-bond donors (Lipinski definition) is 2. The van der Waals surface area contributed by atoms with Crippen molar-refractivity contribution >= 4 is 34.3 Å². The number of aromatic nitrogens is 2. The van der Waals surface area contributed by atoms with Crippen molar-refractivity contribution in [3.8, 4) is 0 Å². The molecule has 174 valence electrons. The Kier molecular flexibility index (Phi) is 6.42. The second kappa shape index (κ2) is 9.10. The van der Waals surface area contributed by atoms with Crippen LogP contribution in [0.2, 0.25) is 0 Å². The first kappa shape index (κ1) is 22.6. The number of nitrogens with zero attached hydrogens (tertiary/aromatic N) is 2. The summed E-state index contributed by atoms with van der Waals surface area (Å²) < 4.78 is 12.7. The van der Waals surface area contributed by atoms with E-state index in [0.717, 1.165) is 43.4 Å². The number of anilines is 2. The molecule has 1 aliphatic carbocycles. The molecule has 2 N–H and O–H groups in total. The van der Waals surface area contributed by atoms with Crippen molar-refractivity contribution < 1.29 is 19.1 Å². The lowest BCUT2D eigenvalue weighted by Gasteiger charge is -2.36. The lowest BCUT2D eigenvalue weighted by molar-refractivity contribution is -0.114. The molecule has 8 heteroatoms. The number of esters is 1. The van der Waals surface area contributed by atoms with E-state index >= 15 is 0 Å². The van der Waals surface area contributed by atoms with Gasteiger partial charge < -0.3 is 24.7 Å². The van der Waals surface area contributed by atoms with Crippen molar-refractivity contribution in [1.29, 1.82) is 0 Å². The lowest BCUT2D eigenvalue weighted by Crippen LogP contribution is -2.31. The van der Waals surface area contributed by atoms with Gasteiger partial charge in [0.25, 0.3) is 0 Å². The number of carbonyl (C=O) groups is 2. The Morgan fingerprint density at radius 2 is 2.12 bits per heavy atom. The molecule has 2 atom stereocenters. The topological polar surface area (TPSA) is 94.5 Å². The Bertz CT molecular complexity index is 1010. The van der Waals surface area contributed by atoms with Gasteiger partial charge in [-0.05, 0) is 43.6 Å². The Morgan fingerprint density at radius 3 is 2.78 bits per heavy atom. The molecule has 4 rings (SSSR count). The molecule has 2 unspecified atom stereocenters. The number of pyridine rings is 1. The average Bonchev–Trinajstić information content (AvgIpc) is 3.33. The molecule has 1 saturated heterocycles. The molecule has 2 aliphatic rings. The summed E-state index contributed by atoms with van der Waals surface area (Å²) in [5, 5.41) is 7.20. The van der Waals surface area contributed by atoms with Gasteiger partial charge in [0.1, 0.15) is 5.65 Å². The molecule has 3 heterocycles. The maximum Gasteiger partial charge on any atom is 0.356 e. The molecule has 2 fully saturated rings. The summed E-state index contributed by atoms with van der Waals surface area (Å²) >= 11 is 0. The van der Waals surface area contributed by atoms with Crippen LogP contribution in [0, 0.1) is 5.41 Å². The first-order valence-corrected chi connectivity index (χ1v) is 11.5. The van der Waals surface area contributed by atoms with E-state index in [0.29, 0.717) is 35.0 Å². The van der Waals surface area contributed by atoms with Crippen molar-refractivity contribution in [3.05, 3.63) is 18.0 Å². The van der Waals surface area contributed by atoms with Crippen molar-refractivity contribution in [2.75, 3.05) is 24.4 Å². The van der Waals surface area contributed by atoms with Gasteiger partial charge in [-0.3, -0.25) is 4.79 Å². The number of rotatable bonds is 6. The quantitative estimate of drug-likeness (QED) is 0.646. The minimum Gasteiger partial charge on any atom is -0.464 e. The fraction of sp³-hybridized carbons (Fsp3) is 0.625. The van der Waals surface area contributed by atoms with Gasteiger partial charge >= 0.3 is 5.97 Å². The SMILES string of the molecule is COC(=O)c1c(NC(C)=O)c2cc(NC3CCCC(C)(C)C3)cnc2n1CC1CCCO1. The molecule has 0 aromatic carbocycles. The zero-order valence-corrected chi connectivity index (χ0v) is 19.5. The maximum absolute atomic E-state index is 12.8. The second-order valence-corrected chi connectivity index (χ2v) is 9.84. The van der Waals surface area contributed by atoms with Crippen molar-refractivity contribution in [2.45, 2.75) is 78.0 Å². The Morgan fingerprint density at radius 1 is 1.31 bits per heavy atom. The van der Waals surface area contributed by atoms with Crippen molar-refractivity contribution in [1.82, 2.24) is 9.55 Å². The zero-order valence-electron chi connectivity index (χ0n) is 19.5. The van der Waals surface area contributed by atoms with Gasteiger partial charge in [-0.2, -0.15) is 0 Å². The van der Waals surface area contributed by atoms with Crippen LogP contribution < -0.4 is 10.6 Å². The van der Waals surface area contributed by atoms with Gasteiger partial charge in [0.15, 0.2) is 5.69 Å². The fourth-order valence-electron chi connectivity index (χ4n) is 5.14. The maximum atomic E-state index is 12.8. The molecule has 0 spiro atoms. The molecule has 1 amide bonds. The van der Waals surface area contributed by atoms with Gasteiger partial charge in [0.05, 0.1) is 37.3 Å². The van der Waals surface area contributed by atoms with Crippen LogP contribution in [0.1, 0.15) is 69.8 Å². The summed E-state index contributed by atoms with van der Waals surface area (Å²) in [6, 6.07) is 2.35. The minimum atomic E-state index is -0.506. The smallest absolute Gasteiger partial charge is 0.356 e. The molecule has 2 aromatic heterocycles. The van der Waals surface area contributed by atoms with Gasteiger partial charge in [-0.25, -0.2) is 9.78 Å². The monoisotopic (exact) mass is 442 g/mol. The molecule has 0 radical (unpaired) electrons. The molecule has 8 nitrogen and oxygen atoms in total. The van der Waals surface area contributed by atoms with Crippen molar-refractivity contribution in [3.63, 3.8) is 0 Å². The van der Waals surface area contributed by atoms with Gasteiger partial charge in [0.2, 0.25) is 5.91 Å². The van der Waals surface area contributed by atoms with Crippen LogP contribution in [0.5, 0.6) is 0 Å². The lowest BCUT2D eigenvalue weighted by atomic mass is 9.75. The highest BCUT2D eigenvalue weighted by atomic mass is 16.5. The Balaban J connectivity index is 1.75. The Hall–Kier alpha value is -2.61. The van der Waals surface area contributed by atoms with E-state index in [-0.39, 0.29) is 12.0 Å². The third-order valence-corrected chi connectivity index (χ3v) is 6.56. The summed E-state index contributed by atoms with van der Waals surface area (Å²) in [7, 11) is 1.35. The van der Waals surface area contributed by atoms with Crippen LogP contribution in [0.15, 0.2) is 12.3 Å². The van der Waals surface area contributed by atoms with Gasteiger partial charge in [0, 0.05) is 25.0 Å². The van der Waals surface area contributed by atoms with E-state index in [2.05, 4.69) is 24.5 Å². The third kappa shape index (κ3) is 4.75. The van der Waals surface area contributed by atoms with Crippen LogP contribution in [-0.4, -0.2) is 47.3 Å². The number of hydrogen-bond acceptors (Lipinski definition) is 6. The highest BCUT2D eigenvalue weighted by Gasteiger charge is 2.30. The molecule has 1 aliphatic heterocycles. The summed E-state index contributed by atoms with van der Waals surface area (Å²) in [5.74, 6) is -0.757. The molecule has 2 aromatic rings. The third-order valence-electron chi connectivity index (χ3n) is 6.56. The number of amides is 1. The van der Waals surface area contributed by atoms with Crippen LogP contribution in [0.3, 0.4) is 0 Å². The molecular weight excluding hydrogens is 408 g/mol. The number of ether oxygens (including phenoxy) is 2. The van der Waals surface area contributed by atoms with Crippen LogP contribution in [0.25, 0.3) is 11.0 Å². The van der Waals surface area contributed by atoms with Gasteiger partial charge in [-0.1, -0.05) is 20.3 Å². The molecule has 1 saturated carbocycles. The predicted molar refractivity (Wildman–Crippen MR) is 124 cm³/mol. The first-order chi connectivity index (χ1) is 15.3. The van der Waals surface area contributed by atoms with E-state index in [9.17, 15) is 9.59 Å².